The average molecular weight is 220 g/mol. The minimum absolute atomic E-state index is 0.0213. The summed E-state index contributed by atoms with van der Waals surface area (Å²) in [5, 5.41) is 2.81. The van der Waals surface area contributed by atoms with Crippen LogP contribution >= 0.6 is 0 Å². The molecule has 0 spiro atoms. The largest absolute Gasteiger partial charge is 0.396 e. The predicted octanol–water partition coefficient (Wildman–Crippen LogP) is 0.297. The van der Waals surface area contributed by atoms with Gasteiger partial charge in [0.25, 0.3) is 0 Å². The monoisotopic (exact) mass is 220 g/mol. The van der Waals surface area contributed by atoms with Gasteiger partial charge in [0.05, 0.1) is 5.69 Å². The molecule has 5 heteroatoms. The number of carbonyl (C=O) groups is 1. The number of carbonyl (C=O) groups excluding carboxylic acids is 1. The maximum absolute atomic E-state index is 11.5. The fourth-order valence-corrected chi connectivity index (χ4v) is 1.90. The van der Waals surface area contributed by atoms with Gasteiger partial charge in [-0.1, -0.05) is 0 Å². The van der Waals surface area contributed by atoms with Crippen molar-refractivity contribution in [3.63, 3.8) is 0 Å². The summed E-state index contributed by atoms with van der Waals surface area (Å²) in [4.78, 5) is 17.8. The number of pyridine rings is 1. The first-order chi connectivity index (χ1) is 7.59. The van der Waals surface area contributed by atoms with Gasteiger partial charge in [0.2, 0.25) is 5.91 Å². The Bertz CT molecular complexity index is 418. The van der Waals surface area contributed by atoms with Crippen LogP contribution in [0.15, 0.2) is 12.3 Å². The average Bonchev–Trinajstić information content (AvgIpc) is 2.23. The molecule has 16 heavy (non-hydrogen) atoms. The van der Waals surface area contributed by atoms with E-state index < -0.39 is 0 Å². The Morgan fingerprint density at radius 2 is 2.38 bits per heavy atom. The van der Waals surface area contributed by atoms with Gasteiger partial charge in [-0.05, 0) is 25.5 Å². The van der Waals surface area contributed by atoms with Gasteiger partial charge >= 0.3 is 0 Å². The molecule has 1 aromatic rings. The van der Waals surface area contributed by atoms with Crippen LogP contribution in [0.5, 0.6) is 0 Å². The Morgan fingerprint density at radius 3 is 3.06 bits per heavy atom. The van der Waals surface area contributed by atoms with Gasteiger partial charge < -0.3 is 16.0 Å². The van der Waals surface area contributed by atoms with Crippen molar-refractivity contribution in [1.82, 2.24) is 10.3 Å². The number of rotatable bonds is 1. The first-order valence-corrected chi connectivity index (χ1v) is 5.36. The predicted molar refractivity (Wildman–Crippen MR) is 63.2 cm³/mol. The van der Waals surface area contributed by atoms with Gasteiger partial charge in [-0.2, -0.15) is 0 Å². The summed E-state index contributed by atoms with van der Waals surface area (Å²) in [6.07, 6.45) is 1.77. The zero-order chi connectivity index (χ0) is 11.7. The second-order valence-electron chi connectivity index (χ2n) is 4.09. The second kappa shape index (κ2) is 4.00. The molecule has 0 bridgehead atoms. The number of piperazine rings is 1. The molecule has 1 atom stereocenters. The minimum atomic E-state index is -0.216. The lowest BCUT2D eigenvalue weighted by molar-refractivity contribution is -0.122. The van der Waals surface area contributed by atoms with Crippen molar-refractivity contribution in [3.8, 4) is 0 Å². The fourth-order valence-electron chi connectivity index (χ4n) is 1.90. The number of anilines is 2. The molecule has 1 aliphatic heterocycles. The van der Waals surface area contributed by atoms with Crippen LogP contribution < -0.4 is 16.0 Å². The van der Waals surface area contributed by atoms with E-state index in [0.717, 1.165) is 12.1 Å². The third kappa shape index (κ3) is 1.80. The third-order valence-electron chi connectivity index (χ3n) is 2.80. The van der Waals surface area contributed by atoms with E-state index in [9.17, 15) is 4.79 Å². The lowest BCUT2D eigenvalue weighted by atomic mass is 10.2. The number of aromatic nitrogens is 1. The SMILES string of the molecule is Cc1cnc(N2CCNC(=O)C2C)c(N)c1. The van der Waals surface area contributed by atoms with E-state index in [1.165, 1.54) is 0 Å². The number of hydrogen-bond acceptors (Lipinski definition) is 4. The topological polar surface area (TPSA) is 71.2 Å². The molecule has 1 aliphatic rings. The molecule has 2 rings (SSSR count). The number of nitrogen functional groups attached to an aromatic ring is 1. The van der Waals surface area contributed by atoms with Gasteiger partial charge in [0, 0.05) is 19.3 Å². The molecule has 86 valence electrons. The molecule has 1 amide bonds. The van der Waals surface area contributed by atoms with Crippen LogP contribution in [0.1, 0.15) is 12.5 Å². The molecule has 5 nitrogen and oxygen atoms in total. The van der Waals surface area contributed by atoms with Gasteiger partial charge in [-0.25, -0.2) is 4.98 Å². The van der Waals surface area contributed by atoms with Crippen LogP contribution in [0.4, 0.5) is 11.5 Å². The number of aryl methyl sites for hydroxylation is 1. The molecule has 2 heterocycles. The van der Waals surface area contributed by atoms with Crippen molar-refractivity contribution in [1.29, 1.82) is 0 Å². The lowest BCUT2D eigenvalue weighted by Gasteiger charge is -2.34. The van der Waals surface area contributed by atoms with Gasteiger partial charge in [-0.15, -0.1) is 0 Å². The number of amides is 1. The van der Waals surface area contributed by atoms with Gasteiger partial charge in [0.15, 0.2) is 5.82 Å². The van der Waals surface area contributed by atoms with Crippen molar-refractivity contribution >= 4 is 17.4 Å². The normalized spacial score (nSPS) is 20.8. The highest BCUT2D eigenvalue weighted by Crippen LogP contribution is 2.23. The Labute approximate surface area is 94.6 Å². The maximum atomic E-state index is 11.5. The molecular formula is C11H16N4O. The van der Waals surface area contributed by atoms with Crippen molar-refractivity contribution < 1.29 is 4.79 Å². The number of nitrogens with one attached hydrogen (secondary N) is 1. The highest BCUT2D eigenvalue weighted by molar-refractivity contribution is 5.86. The van der Waals surface area contributed by atoms with Crippen LogP contribution in [0.3, 0.4) is 0 Å². The molecule has 1 saturated heterocycles. The summed E-state index contributed by atoms with van der Waals surface area (Å²) in [6, 6.07) is 1.66. The smallest absolute Gasteiger partial charge is 0.242 e. The summed E-state index contributed by atoms with van der Waals surface area (Å²) in [5.41, 5.74) is 7.57. The molecule has 0 radical (unpaired) electrons. The number of hydrogen-bond donors (Lipinski definition) is 2. The van der Waals surface area contributed by atoms with Gasteiger partial charge in [0.1, 0.15) is 6.04 Å². The molecule has 1 unspecified atom stereocenters. The van der Waals surface area contributed by atoms with E-state index in [4.69, 9.17) is 5.73 Å². The molecule has 1 aromatic heterocycles. The van der Waals surface area contributed by atoms with Crippen molar-refractivity contribution in [2.75, 3.05) is 23.7 Å². The van der Waals surface area contributed by atoms with E-state index in [0.29, 0.717) is 18.1 Å². The first-order valence-electron chi connectivity index (χ1n) is 5.36. The number of nitrogens with two attached hydrogens (primary N) is 1. The molecule has 0 aliphatic carbocycles. The van der Waals surface area contributed by atoms with E-state index in [1.54, 1.807) is 6.20 Å². The van der Waals surface area contributed by atoms with Crippen LogP contribution in [0.2, 0.25) is 0 Å². The van der Waals surface area contributed by atoms with E-state index >= 15 is 0 Å². The molecule has 0 aromatic carbocycles. The second-order valence-corrected chi connectivity index (χ2v) is 4.09. The highest BCUT2D eigenvalue weighted by Gasteiger charge is 2.27. The summed E-state index contributed by atoms with van der Waals surface area (Å²) in [7, 11) is 0. The first kappa shape index (κ1) is 10.7. The van der Waals surface area contributed by atoms with Crippen LogP contribution in [0.25, 0.3) is 0 Å². The Hall–Kier alpha value is -1.78. The van der Waals surface area contributed by atoms with E-state index in [-0.39, 0.29) is 11.9 Å². The Kier molecular flexibility index (Phi) is 2.68. The Morgan fingerprint density at radius 1 is 1.62 bits per heavy atom. The Balaban J connectivity index is 2.32. The van der Waals surface area contributed by atoms with Crippen LogP contribution in [-0.2, 0) is 4.79 Å². The lowest BCUT2D eigenvalue weighted by Crippen LogP contribution is -2.54. The molecule has 1 fully saturated rings. The quantitative estimate of drug-likeness (QED) is 0.714. The molecular weight excluding hydrogens is 204 g/mol. The van der Waals surface area contributed by atoms with E-state index in [1.807, 2.05) is 24.8 Å². The van der Waals surface area contributed by atoms with E-state index in [2.05, 4.69) is 10.3 Å². The van der Waals surface area contributed by atoms with Crippen molar-refractivity contribution in [2.24, 2.45) is 0 Å². The zero-order valence-electron chi connectivity index (χ0n) is 9.53. The zero-order valence-corrected chi connectivity index (χ0v) is 9.53. The molecule has 3 N–H and O–H groups in total. The number of nitrogens with zero attached hydrogens (tertiary/aromatic N) is 2. The van der Waals surface area contributed by atoms with Crippen molar-refractivity contribution in [3.05, 3.63) is 17.8 Å². The highest BCUT2D eigenvalue weighted by atomic mass is 16.2. The van der Waals surface area contributed by atoms with Crippen LogP contribution in [0, 0.1) is 6.92 Å². The summed E-state index contributed by atoms with van der Waals surface area (Å²) >= 11 is 0. The third-order valence-corrected chi connectivity index (χ3v) is 2.80. The van der Waals surface area contributed by atoms with Crippen LogP contribution in [-0.4, -0.2) is 30.0 Å². The summed E-state index contributed by atoms with van der Waals surface area (Å²) in [6.45, 7) is 5.18. The standard InChI is InChI=1S/C11H16N4O/c1-7-5-9(12)10(14-6-7)15-4-3-13-11(16)8(15)2/h5-6,8H,3-4,12H2,1-2H3,(H,13,16). The van der Waals surface area contributed by atoms with Crippen molar-refractivity contribution in [2.45, 2.75) is 19.9 Å². The maximum Gasteiger partial charge on any atom is 0.242 e. The van der Waals surface area contributed by atoms with Gasteiger partial charge in [-0.3, -0.25) is 4.79 Å². The molecule has 0 saturated carbocycles. The fraction of sp³-hybridized carbons (Fsp3) is 0.455. The summed E-state index contributed by atoms with van der Waals surface area (Å²) in [5.74, 6) is 0.723. The minimum Gasteiger partial charge on any atom is -0.396 e. The summed E-state index contributed by atoms with van der Waals surface area (Å²) < 4.78 is 0.